The van der Waals surface area contributed by atoms with Crippen molar-refractivity contribution < 1.29 is 14.3 Å². The zero-order valence-electron chi connectivity index (χ0n) is 14.0. The number of rotatable bonds is 9. The number of amides is 1. The lowest BCUT2D eigenvalue weighted by atomic mass is 9.96. The summed E-state index contributed by atoms with van der Waals surface area (Å²) in [5.74, 6) is 1.17. The van der Waals surface area contributed by atoms with Crippen LogP contribution in [0, 0.1) is 5.92 Å². The molecule has 0 aliphatic rings. The van der Waals surface area contributed by atoms with Crippen LogP contribution in [0.1, 0.15) is 38.3 Å². The number of carbonyl (C=O) groups is 1. The molecule has 2 atom stereocenters. The third-order valence-corrected chi connectivity index (χ3v) is 3.57. The summed E-state index contributed by atoms with van der Waals surface area (Å²) in [5, 5.41) is 3.08. The lowest BCUT2D eigenvalue weighted by molar-refractivity contribution is -0.124. The molecule has 0 spiro atoms. The van der Waals surface area contributed by atoms with E-state index in [1.807, 2.05) is 24.3 Å². The third kappa shape index (κ3) is 5.66. The topological polar surface area (TPSA) is 73.6 Å². The van der Waals surface area contributed by atoms with Gasteiger partial charge in [-0.3, -0.25) is 4.79 Å². The molecule has 5 heteroatoms. The Kier molecular flexibility index (Phi) is 7.91. The van der Waals surface area contributed by atoms with Gasteiger partial charge in [0.2, 0.25) is 5.91 Å². The third-order valence-electron chi connectivity index (χ3n) is 3.57. The molecule has 3 N–H and O–H groups in total. The Morgan fingerprint density at radius 3 is 2.50 bits per heavy atom. The first kappa shape index (κ1) is 18.5. The summed E-state index contributed by atoms with van der Waals surface area (Å²) < 4.78 is 10.6. The van der Waals surface area contributed by atoms with Gasteiger partial charge in [0.05, 0.1) is 25.7 Å². The van der Waals surface area contributed by atoms with E-state index in [2.05, 4.69) is 19.2 Å². The first-order chi connectivity index (χ1) is 10.5. The highest BCUT2D eigenvalue weighted by molar-refractivity contribution is 5.77. The number of nitrogens with two attached hydrogens (primary N) is 1. The molecule has 0 saturated heterocycles. The van der Waals surface area contributed by atoms with Crippen LogP contribution in [0.4, 0.5) is 0 Å². The Balaban J connectivity index is 2.87. The molecule has 22 heavy (non-hydrogen) atoms. The van der Waals surface area contributed by atoms with Gasteiger partial charge in [0.15, 0.2) is 0 Å². The van der Waals surface area contributed by atoms with Gasteiger partial charge in [0, 0.05) is 19.2 Å². The molecule has 124 valence electrons. The molecule has 0 radical (unpaired) electrons. The molecular formula is C17H28N2O3. The zero-order chi connectivity index (χ0) is 16.5. The van der Waals surface area contributed by atoms with Crippen molar-refractivity contribution in [3.05, 3.63) is 29.8 Å². The number of benzene rings is 1. The molecule has 1 aromatic rings. The van der Waals surface area contributed by atoms with E-state index < -0.39 is 0 Å². The van der Waals surface area contributed by atoms with Crippen molar-refractivity contribution in [2.45, 2.75) is 38.8 Å². The first-order valence-corrected chi connectivity index (χ1v) is 7.66. The van der Waals surface area contributed by atoms with Crippen molar-refractivity contribution in [2.75, 3.05) is 20.8 Å². The number of nitrogens with one attached hydrogen (secondary N) is 1. The van der Waals surface area contributed by atoms with Gasteiger partial charge in [-0.1, -0.05) is 32.0 Å². The second-order valence-corrected chi connectivity index (χ2v) is 5.79. The van der Waals surface area contributed by atoms with E-state index in [9.17, 15) is 4.79 Å². The Morgan fingerprint density at radius 2 is 1.95 bits per heavy atom. The molecule has 0 aliphatic carbocycles. The molecule has 0 bridgehead atoms. The van der Waals surface area contributed by atoms with Crippen LogP contribution in [0.2, 0.25) is 0 Å². The summed E-state index contributed by atoms with van der Waals surface area (Å²) >= 11 is 0. The highest BCUT2D eigenvalue weighted by atomic mass is 16.5. The maximum absolute atomic E-state index is 12.2. The smallest absolute Gasteiger partial charge is 0.223 e. The average molecular weight is 308 g/mol. The fraction of sp³-hybridized carbons (Fsp3) is 0.588. The minimum absolute atomic E-state index is 0.0612. The van der Waals surface area contributed by atoms with E-state index in [0.717, 1.165) is 17.7 Å². The summed E-state index contributed by atoms with van der Waals surface area (Å²) in [7, 11) is 3.21. The second kappa shape index (κ2) is 9.43. The van der Waals surface area contributed by atoms with E-state index in [-0.39, 0.29) is 24.5 Å². The standard InChI is InChI=1S/C17H28N2O3/c1-12(2)9-15(14-7-5-6-8-16(14)22-4)19-17(20)10-13(11-18)21-3/h5-8,12-13,15H,9-11,18H2,1-4H3,(H,19,20). The van der Waals surface area contributed by atoms with Crippen molar-refractivity contribution in [3.63, 3.8) is 0 Å². The molecule has 1 aromatic carbocycles. The van der Waals surface area contributed by atoms with Gasteiger partial charge >= 0.3 is 0 Å². The normalized spacial score (nSPS) is 13.7. The van der Waals surface area contributed by atoms with Crippen LogP contribution < -0.4 is 15.8 Å². The molecule has 1 rings (SSSR count). The Hall–Kier alpha value is -1.59. The summed E-state index contributed by atoms with van der Waals surface area (Å²) in [6.45, 7) is 4.59. The monoisotopic (exact) mass is 308 g/mol. The largest absolute Gasteiger partial charge is 0.496 e. The Morgan fingerprint density at radius 1 is 1.27 bits per heavy atom. The average Bonchev–Trinajstić information content (AvgIpc) is 2.51. The van der Waals surface area contributed by atoms with E-state index in [4.69, 9.17) is 15.2 Å². The van der Waals surface area contributed by atoms with Gasteiger partial charge < -0.3 is 20.5 Å². The van der Waals surface area contributed by atoms with E-state index in [1.165, 1.54) is 0 Å². The first-order valence-electron chi connectivity index (χ1n) is 7.66. The number of ether oxygens (including phenoxy) is 2. The van der Waals surface area contributed by atoms with Crippen LogP contribution in [0.15, 0.2) is 24.3 Å². The highest BCUT2D eigenvalue weighted by Crippen LogP contribution is 2.29. The maximum atomic E-state index is 12.2. The number of methoxy groups -OCH3 is 2. The molecule has 0 heterocycles. The number of hydrogen-bond donors (Lipinski definition) is 2. The van der Waals surface area contributed by atoms with Gasteiger partial charge in [-0.25, -0.2) is 0 Å². The van der Waals surface area contributed by atoms with Crippen LogP contribution >= 0.6 is 0 Å². The molecule has 5 nitrogen and oxygen atoms in total. The summed E-state index contributed by atoms with van der Waals surface area (Å²) in [6, 6.07) is 7.69. The molecule has 0 saturated carbocycles. The minimum Gasteiger partial charge on any atom is -0.496 e. The summed E-state index contributed by atoms with van der Waals surface area (Å²) in [5.41, 5.74) is 6.57. The van der Waals surface area contributed by atoms with Gasteiger partial charge in [0.25, 0.3) is 0 Å². The van der Waals surface area contributed by atoms with E-state index in [0.29, 0.717) is 12.5 Å². The Labute approximate surface area is 133 Å². The quantitative estimate of drug-likeness (QED) is 0.734. The maximum Gasteiger partial charge on any atom is 0.223 e. The van der Waals surface area contributed by atoms with Crippen molar-refractivity contribution in [2.24, 2.45) is 11.7 Å². The van der Waals surface area contributed by atoms with Crippen molar-refractivity contribution in [3.8, 4) is 5.75 Å². The lowest BCUT2D eigenvalue weighted by Crippen LogP contribution is -2.35. The SMILES string of the molecule is COc1ccccc1C(CC(C)C)NC(=O)CC(CN)OC. The Bertz CT molecular complexity index is 459. The minimum atomic E-state index is -0.252. The fourth-order valence-electron chi connectivity index (χ4n) is 2.41. The number of hydrogen-bond acceptors (Lipinski definition) is 4. The predicted molar refractivity (Wildman–Crippen MR) is 87.8 cm³/mol. The summed E-state index contributed by atoms with van der Waals surface area (Å²) in [4.78, 5) is 12.2. The molecule has 2 unspecified atom stereocenters. The van der Waals surface area contributed by atoms with Gasteiger partial charge in [0.1, 0.15) is 5.75 Å². The van der Waals surface area contributed by atoms with Crippen LogP contribution in [0.3, 0.4) is 0 Å². The van der Waals surface area contributed by atoms with Gasteiger partial charge in [-0.2, -0.15) is 0 Å². The molecule has 0 aromatic heterocycles. The van der Waals surface area contributed by atoms with Crippen LogP contribution in [-0.4, -0.2) is 32.8 Å². The number of carbonyl (C=O) groups excluding carboxylic acids is 1. The van der Waals surface area contributed by atoms with Crippen molar-refractivity contribution in [1.29, 1.82) is 0 Å². The van der Waals surface area contributed by atoms with Crippen molar-refractivity contribution in [1.82, 2.24) is 5.32 Å². The molecule has 0 aliphatic heterocycles. The predicted octanol–water partition coefficient (Wildman–Crippen LogP) is 2.26. The molecule has 0 fully saturated rings. The lowest BCUT2D eigenvalue weighted by Gasteiger charge is -2.24. The zero-order valence-corrected chi connectivity index (χ0v) is 14.0. The number of para-hydroxylation sites is 1. The van der Waals surface area contributed by atoms with Gasteiger partial charge in [-0.15, -0.1) is 0 Å². The van der Waals surface area contributed by atoms with E-state index in [1.54, 1.807) is 14.2 Å². The van der Waals surface area contributed by atoms with Gasteiger partial charge in [-0.05, 0) is 18.4 Å². The van der Waals surface area contributed by atoms with E-state index >= 15 is 0 Å². The fourth-order valence-corrected chi connectivity index (χ4v) is 2.41. The molecular weight excluding hydrogens is 280 g/mol. The second-order valence-electron chi connectivity index (χ2n) is 5.79. The van der Waals surface area contributed by atoms with Crippen LogP contribution in [-0.2, 0) is 9.53 Å². The summed E-state index contributed by atoms with van der Waals surface area (Å²) in [6.07, 6.45) is 0.848. The van der Waals surface area contributed by atoms with Crippen LogP contribution in [0.25, 0.3) is 0 Å². The van der Waals surface area contributed by atoms with Crippen molar-refractivity contribution >= 4 is 5.91 Å². The van der Waals surface area contributed by atoms with Crippen LogP contribution in [0.5, 0.6) is 5.75 Å². The molecule has 1 amide bonds. The highest BCUT2D eigenvalue weighted by Gasteiger charge is 2.21.